The number of carbonyl (C=O) groups excluding carboxylic acids is 1. The summed E-state index contributed by atoms with van der Waals surface area (Å²) in [5.41, 5.74) is 2.86. The second-order valence-corrected chi connectivity index (χ2v) is 10.2. The van der Waals surface area contributed by atoms with Gasteiger partial charge in [-0.25, -0.2) is 4.98 Å². The van der Waals surface area contributed by atoms with Gasteiger partial charge in [-0.05, 0) is 44.4 Å². The molecule has 1 aromatic carbocycles. The maximum Gasteiger partial charge on any atom is 0.275 e. The van der Waals surface area contributed by atoms with Gasteiger partial charge in [0.1, 0.15) is 0 Å². The third-order valence-electron chi connectivity index (χ3n) is 6.51. The number of nitrogens with zero attached hydrogens (tertiary/aromatic N) is 6. The molecule has 8 nitrogen and oxygen atoms in total. The maximum atomic E-state index is 13.3. The number of aryl methyl sites for hydroxylation is 2. The molecule has 0 radical (unpaired) electrons. The average Bonchev–Trinajstić information content (AvgIpc) is 3.25. The summed E-state index contributed by atoms with van der Waals surface area (Å²) in [6.07, 6.45) is 1.81. The third kappa shape index (κ3) is 4.44. The number of rotatable bonds is 3. The van der Waals surface area contributed by atoms with Crippen LogP contribution in [0.25, 0.3) is 4.96 Å². The topological polar surface area (TPSA) is 74.1 Å². The van der Waals surface area contributed by atoms with Gasteiger partial charge in [0.05, 0.1) is 5.92 Å². The molecule has 5 rings (SSSR count). The van der Waals surface area contributed by atoms with Crippen molar-refractivity contribution in [1.82, 2.24) is 19.5 Å². The number of hydrogen-bond donors (Lipinski definition) is 0. The standard InChI is InChI=1S/C23H27ClN6O2S/c1-15-5-6-18(24)13-19(15)27-8-10-28(11-9-27)21(32)17-4-3-7-29(14-17)23-26-30-20(31)12-16(2)25-22(30)33-23/h5-6,12-13,17H,3-4,7-11,14H2,1-2H3/t17-/m1/s1. The first-order valence-corrected chi connectivity index (χ1v) is 12.5. The lowest BCUT2D eigenvalue weighted by Crippen LogP contribution is -2.52. The van der Waals surface area contributed by atoms with Gasteiger partial charge in [0.2, 0.25) is 16.0 Å². The summed E-state index contributed by atoms with van der Waals surface area (Å²) < 4.78 is 1.36. The Balaban J connectivity index is 1.25. The van der Waals surface area contributed by atoms with Crippen molar-refractivity contribution in [3.63, 3.8) is 0 Å². The van der Waals surface area contributed by atoms with Gasteiger partial charge in [-0.1, -0.05) is 29.0 Å². The van der Waals surface area contributed by atoms with E-state index in [-0.39, 0.29) is 17.4 Å². The summed E-state index contributed by atoms with van der Waals surface area (Å²) in [5, 5.41) is 5.97. The number of aromatic nitrogens is 3. The number of piperazine rings is 1. The minimum absolute atomic E-state index is 0.0587. The van der Waals surface area contributed by atoms with Gasteiger partial charge in [-0.15, -0.1) is 5.10 Å². The van der Waals surface area contributed by atoms with E-state index in [2.05, 4.69) is 26.8 Å². The van der Waals surface area contributed by atoms with E-state index < -0.39 is 0 Å². The van der Waals surface area contributed by atoms with Crippen LogP contribution in [0.15, 0.2) is 29.1 Å². The first-order valence-electron chi connectivity index (χ1n) is 11.3. The zero-order valence-electron chi connectivity index (χ0n) is 18.8. The van der Waals surface area contributed by atoms with E-state index in [1.807, 2.05) is 30.0 Å². The lowest BCUT2D eigenvalue weighted by molar-refractivity contribution is -0.136. The van der Waals surface area contributed by atoms with Crippen molar-refractivity contribution in [2.45, 2.75) is 26.7 Å². The Morgan fingerprint density at radius 1 is 1.09 bits per heavy atom. The minimum atomic E-state index is -0.169. The first-order chi connectivity index (χ1) is 15.9. The van der Waals surface area contributed by atoms with E-state index in [9.17, 15) is 9.59 Å². The number of benzene rings is 1. The smallest absolute Gasteiger partial charge is 0.275 e. The summed E-state index contributed by atoms with van der Waals surface area (Å²) in [6, 6.07) is 7.45. The summed E-state index contributed by atoms with van der Waals surface area (Å²) in [7, 11) is 0. The highest BCUT2D eigenvalue weighted by Gasteiger charge is 2.32. The van der Waals surface area contributed by atoms with Crippen LogP contribution in [0.5, 0.6) is 0 Å². The van der Waals surface area contributed by atoms with Crippen molar-refractivity contribution in [2.24, 2.45) is 5.92 Å². The molecule has 10 heteroatoms. The van der Waals surface area contributed by atoms with E-state index in [1.54, 1.807) is 0 Å². The van der Waals surface area contributed by atoms with Gasteiger partial charge in [0.25, 0.3) is 5.56 Å². The molecule has 4 heterocycles. The van der Waals surface area contributed by atoms with Crippen molar-refractivity contribution < 1.29 is 4.79 Å². The predicted octanol–water partition coefficient (Wildman–Crippen LogP) is 2.99. The van der Waals surface area contributed by atoms with Gasteiger partial charge >= 0.3 is 0 Å². The van der Waals surface area contributed by atoms with Crippen LogP contribution in [0.2, 0.25) is 5.02 Å². The van der Waals surface area contributed by atoms with Crippen LogP contribution in [0.3, 0.4) is 0 Å². The van der Waals surface area contributed by atoms with E-state index in [0.717, 1.165) is 48.3 Å². The summed E-state index contributed by atoms with van der Waals surface area (Å²) in [4.78, 5) is 37.0. The first kappa shape index (κ1) is 22.2. The van der Waals surface area contributed by atoms with Crippen molar-refractivity contribution in [3.8, 4) is 0 Å². The summed E-state index contributed by atoms with van der Waals surface area (Å²) >= 11 is 7.61. The van der Waals surface area contributed by atoms with E-state index >= 15 is 0 Å². The normalized spacial score (nSPS) is 19.4. The Labute approximate surface area is 201 Å². The fourth-order valence-electron chi connectivity index (χ4n) is 4.74. The zero-order chi connectivity index (χ0) is 23.1. The molecule has 3 aromatic rings. The molecule has 0 bridgehead atoms. The Kier molecular flexibility index (Phi) is 6.01. The van der Waals surface area contributed by atoms with Gasteiger partial charge in [0, 0.05) is 61.7 Å². The largest absolute Gasteiger partial charge is 0.368 e. The average molecular weight is 487 g/mol. The van der Waals surface area contributed by atoms with Crippen LogP contribution < -0.4 is 15.4 Å². The number of piperidine rings is 1. The maximum absolute atomic E-state index is 13.3. The SMILES string of the molecule is Cc1cc(=O)n2nc(N3CCC[C@@H](C(=O)N4CCN(c5cc(Cl)ccc5C)CC4)C3)sc2n1. The number of carbonyl (C=O) groups is 1. The van der Waals surface area contributed by atoms with E-state index in [0.29, 0.717) is 30.3 Å². The molecule has 33 heavy (non-hydrogen) atoms. The molecule has 174 valence electrons. The van der Waals surface area contributed by atoms with Gasteiger partial charge in [0.15, 0.2) is 0 Å². The van der Waals surface area contributed by atoms with Crippen molar-refractivity contribution in [3.05, 3.63) is 50.9 Å². The summed E-state index contributed by atoms with van der Waals surface area (Å²) in [6.45, 7) is 8.38. The van der Waals surface area contributed by atoms with Crippen LogP contribution in [0, 0.1) is 19.8 Å². The molecule has 0 N–H and O–H groups in total. The Morgan fingerprint density at radius 2 is 1.88 bits per heavy atom. The third-order valence-corrected chi connectivity index (χ3v) is 7.71. The second-order valence-electron chi connectivity index (χ2n) is 8.84. The summed E-state index contributed by atoms with van der Waals surface area (Å²) in [5.74, 6) is 0.158. The van der Waals surface area contributed by atoms with E-state index in [4.69, 9.17) is 11.6 Å². The van der Waals surface area contributed by atoms with Crippen LogP contribution in [-0.2, 0) is 4.79 Å². The fraction of sp³-hybridized carbons (Fsp3) is 0.478. The number of anilines is 2. The molecular weight excluding hydrogens is 460 g/mol. The molecule has 0 aliphatic carbocycles. The highest BCUT2D eigenvalue weighted by Crippen LogP contribution is 2.29. The zero-order valence-corrected chi connectivity index (χ0v) is 20.4. The molecule has 2 aromatic heterocycles. The number of halogens is 1. The van der Waals surface area contributed by atoms with Crippen LogP contribution in [-0.4, -0.2) is 64.7 Å². The molecule has 1 amide bonds. The lowest BCUT2D eigenvalue weighted by Gasteiger charge is -2.40. The Morgan fingerprint density at radius 3 is 2.67 bits per heavy atom. The quantitative estimate of drug-likeness (QED) is 0.566. The van der Waals surface area contributed by atoms with Crippen LogP contribution in [0.4, 0.5) is 10.8 Å². The molecule has 0 unspecified atom stereocenters. The van der Waals surface area contributed by atoms with Gasteiger partial charge in [-0.3, -0.25) is 9.59 Å². The van der Waals surface area contributed by atoms with Crippen LogP contribution >= 0.6 is 22.9 Å². The predicted molar refractivity (Wildman–Crippen MR) is 132 cm³/mol. The van der Waals surface area contributed by atoms with Crippen molar-refractivity contribution in [1.29, 1.82) is 0 Å². The minimum Gasteiger partial charge on any atom is -0.368 e. The molecule has 2 fully saturated rings. The molecule has 2 aliphatic rings. The fourth-order valence-corrected chi connectivity index (χ4v) is 5.89. The number of amides is 1. The van der Waals surface area contributed by atoms with Crippen molar-refractivity contribution in [2.75, 3.05) is 49.1 Å². The van der Waals surface area contributed by atoms with Crippen molar-refractivity contribution >= 4 is 44.6 Å². The van der Waals surface area contributed by atoms with Gasteiger partial charge < -0.3 is 14.7 Å². The van der Waals surface area contributed by atoms with Gasteiger partial charge in [-0.2, -0.15) is 4.52 Å². The monoisotopic (exact) mass is 486 g/mol. The van der Waals surface area contributed by atoms with E-state index in [1.165, 1.54) is 27.5 Å². The molecule has 1 atom stereocenters. The highest BCUT2D eigenvalue weighted by molar-refractivity contribution is 7.20. The Hall–Kier alpha value is -2.65. The lowest BCUT2D eigenvalue weighted by atomic mass is 9.96. The second kappa shape index (κ2) is 8.95. The molecular formula is C23H27ClN6O2S. The highest BCUT2D eigenvalue weighted by atomic mass is 35.5. The molecule has 0 saturated carbocycles. The number of fused-ring (bicyclic) bond motifs is 1. The Bertz CT molecular complexity index is 1250. The molecule has 0 spiro atoms. The van der Waals surface area contributed by atoms with Crippen LogP contribution in [0.1, 0.15) is 24.1 Å². The number of hydrogen-bond acceptors (Lipinski definition) is 7. The molecule has 2 aliphatic heterocycles. The molecule has 2 saturated heterocycles.